The largest absolute Gasteiger partial charge is 0.399 e. The van der Waals surface area contributed by atoms with Crippen molar-refractivity contribution in [3.8, 4) is 0 Å². The highest BCUT2D eigenvalue weighted by atomic mass is 35.5. The Kier molecular flexibility index (Phi) is 5.83. The molecule has 1 atom stereocenters. The number of hydrogen-bond acceptors (Lipinski definition) is 4. The predicted molar refractivity (Wildman–Crippen MR) is 91.4 cm³/mol. The minimum atomic E-state index is 0. The molecule has 0 bridgehead atoms. The summed E-state index contributed by atoms with van der Waals surface area (Å²) < 4.78 is 5.76. The van der Waals surface area contributed by atoms with Crippen LogP contribution in [0, 0.1) is 0 Å². The fourth-order valence-corrected chi connectivity index (χ4v) is 3.16. The first-order valence-corrected chi connectivity index (χ1v) is 7.92. The monoisotopic (exact) mass is 338 g/mol. The van der Waals surface area contributed by atoms with E-state index in [9.17, 15) is 4.79 Å². The molecule has 3 rings (SSSR count). The van der Waals surface area contributed by atoms with Crippen LogP contribution < -0.4 is 5.73 Å². The highest BCUT2D eigenvalue weighted by molar-refractivity contribution is 7.07. The predicted octanol–water partition coefficient (Wildman–Crippen LogP) is 2.89. The zero-order valence-corrected chi connectivity index (χ0v) is 13.7. The number of rotatable bonds is 3. The third-order valence-corrected chi connectivity index (χ3v) is 4.37. The van der Waals surface area contributed by atoms with Gasteiger partial charge in [-0.2, -0.15) is 11.3 Å². The number of thiophene rings is 1. The third kappa shape index (κ3) is 4.00. The molecule has 1 fully saturated rings. The Labute approximate surface area is 140 Å². The van der Waals surface area contributed by atoms with Crippen LogP contribution in [0.2, 0.25) is 0 Å². The van der Waals surface area contributed by atoms with Crippen molar-refractivity contribution in [1.29, 1.82) is 0 Å². The Hall–Kier alpha value is -1.56. The molecule has 6 heteroatoms. The van der Waals surface area contributed by atoms with Gasteiger partial charge >= 0.3 is 0 Å². The van der Waals surface area contributed by atoms with Gasteiger partial charge in [0.2, 0.25) is 5.91 Å². The summed E-state index contributed by atoms with van der Waals surface area (Å²) in [7, 11) is 0. The summed E-state index contributed by atoms with van der Waals surface area (Å²) in [5.41, 5.74) is 8.53. The number of nitrogens with zero attached hydrogens (tertiary/aromatic N) is 1. The number of ether oxygens (including phenoxy) is 1. The van der Waals surface area contributed by atoms with Gasteiger partial charge in [-0.3, -0.25) is 4.79 Å². The average Bonchev–Trinajstić information content (AvgIpc) is 3.04. The molecule has 1 aromatic heterocycles. The Bertz CT molecular complexity index is 601. The number of carbonyl (C=O) groups excluding carboxylic acids is 1. The number of nitrogen functional groups attached to an aromatic ring is 1. The van der Waals surface area contributed by atoms with Gasteiger partial charge < -0.3 is 15.4 Å². The third-order valence-electron chi connectivity index (χ3n) is 3.67. The maximum Gasteiger partial charge on any atom is 0.227 e. The van der Waals surface area contributed by atoms with Crippen LogP contribution in [0.25, 0.3) is 0 Å². The normalized spacial score (nSPS) is 17.8. The van der Waals surface area contributed by atoms with Gasteiger partial charge in [0.25, 0.3) is 0 Å². The van der Waals surface area contributed by atoms with E-state index in [0.717, 1.165) is 16.8 Å². The maximum absolute atomic E-state index is 12.4. The number of morpholine rings is 1. The molecule has 1 amide bonds. The maximum atomic E-state index is 12.4. The van der Waals surface area contributed by atoms with Gasteiger partial charge in [-0.25, -0.2) is 0 Å². The lowest BCUT2D eigenvalue weighted by Gasteiger charge is -2.33. The van der Waals surface area contributed by atoms with Crippen molar-refractivity contribution in [3.63, 3.8) is 0 Å². The number of halogens is 1. The number of nitrogens with two attached hydrogens (primary N) is 1. The standard InChI is InChI=1S/C16H18N2O2S.ClH/c17-14-3-1-12(2-4-14)9-16(19)18-6-7-20-15(10-18)13-5-8-21-11-13;/h1-5,8,11,15H,6-7,9-10,17H2;1H. The number of amides is 1. The van der Waals surface area contributed by atoms with Crippen molar-refractivity contribution >= 4 is 35.3 Å². The first-order chi connectivity index (χ1) is 10.2. The Balaban J connectivity index is 0.00000176. The first kappa shape index (κ1) is 16.8. The van der Waals surface area contributed by atoms with Crippen molar-refractivity contribution in [3.05, 3.63) is 52.2 Å². The summed E-state index contributed by atoms with van der Waals surface area (Å²) in [5.74, 6) is 0.142. The Morgan fingerprint density at radius 1 is 1.32 bits per heavy atom. The summed E-state index contributed by atoms with van der Waals surface area (Å²) in [4.78, 5) is 14.3. The average molecular weight is 339 g/mol. The van der Waals surface area contributed by atoms with Crippen LogP contribution in [-0.2, 0) is 16.0 Å². The van der Waals surface area contributed by atoms with Crippen molar-refractivity contribution in [2.75, 3.05) is 25.4 Å². The lowest BCUT2D eigenvalue weighted by atomic mass is 10.1. The molecule has 118 valence electrons. The molecule has 0 aliphatic carbocycles. The summed E-state index contributed by atoms with van der Waals surface area (Å²) in [5, 5.41) is 4.12. The number of carbonyl (C=O) groups is 1. The van der Waals surface area contributed by atoms with Gasteiger partial charge in [0.05, 0.1) is 19.6 Å². The minimum absolute atomic E-state index is 0. The molecule has 2 aromatic rings. The van der Waals surface area contributed by atoms with E-state index in [1.807, 2.05) is 34.5 Å². The second-order valence-corrected chi connectivity index (χ2v) is 5.95. The fraction of sp³-hybridized carbons (Fsp3) is 0.312. The van der Waals surface area contributed by atoms with E-state index in [4.69, 9.17) is 10.5 Å². The molecule has 0 radical (unpaired) electrons. The molecule has 1 aliphatic heterocycles. The number of anilines is 1. The minimum Gasteiger partial charge on any atom is -0.399 e. The summed E-state index contributed by atoms with van der Waals surface area (Å²) in [6.45, 7) is 1.88. The fourth-order valence-electron chi connectivity index (χ4n) is 2.46. The van der Waals surface area contributed by atoms with Crippen LogP contribution in [0.4, 0.5) is 5.69 Å². The van der Waals surface area contributed by atoms with Crippen molar-refractivity contribution < 1.29 is 9.53 Å². The van der Waals surface area contributed by atoms with Crippen LogP contribution in [0.1, 0.15) is 17.2 Å². The van der Waals surface area contributed by atoms with Crippen LogP contribution >= 0.6 is 23.7 Å². The quantitative estimate of drug-likeness (QED) is 0.875. The van der Waals surface area contributed by atoms with Gasteiger partial charge in [-0.05, 0) is 40.1 Å². The SMILES string of the molecule is Cl.Nc1ccc(CC(=O)N2CCOC(c3ccsc3)C2)cc1. The van der Waals surface area contributed by atoms with E-state index in [1.54, 1.807) is 11.3 Å². The zero-order valence-electron chi connectivity index (χ0n) is 12.1. The molecular weight excluding hydrogens is 320 g/mol. The first-order valence-electron chi connectivity index (χ1n) is 6.98. The number of benzene rings is 1. The van der Waals surface area contributed by atoms with Crippen molar-refractivity contribution in [2.45, 2.75) is 12.5 Å². The zero-order chi connectivity index (χ0) is 14.7. The van der Waals surface area contributed by atoms with Gasteiger partial charge in [0.15, 0.2) is 0 Å². The topological polar surface area (TPSA) is 55.6 Å². The van der Waals surface area contributed by atoms with E-state index in [2.05, 4.69) is 11.4 Å². The van der Waals surface area contributed by atoms with Crippen LogP contribution in [0.5, 0.6) is 0 Å². The van der Waals surface area contributed by atoms with E-state index in [-0.39, 0.29) is 24.4 Å². The molecule has 1 saturated heterocycles. The molecule has 1 aromatic carbocycles. The van der Waals surface area contributed by atoms with E-state index < -0.39 is 0 Å². The summed E-state index contributed by atoms with van der Waals surface area (Å²) in [6, 6.07) is 9.53. The summed E-state index contributed by atoms with van der Waals surface area (Å²) >= 11 is 1.65. The van der Waals surface area contributed by atoms with Crippen LogP contribution in [-0.4, -0.2) is 30.5 Å². The van der Waals surface area contributed by atoms with Crippen molar-refractivity contribution in [1.82, 2.24) is 4.90 Å². The molecule has 2 N–H and O–H groups in total. The van der Waals surface area contributed by atoms with Crippen LogP contribution in [0.3, 0.4) is 0 Å². The molecule has 0 saturated carbocycles. The highest BCUT2D eigenvalue weighted by Gasteiger charge is 2.25. The van der Waals surface area contributed by atoms with E-state index in [1.165, 1.54) is 0 Å². The molecule has 1 aliphatic rings. The molecular formula is C16H19ClN2O2S. The molecule has 2 heterocycles. The van der Waals surface area contributed by atoms with Gasteiger partial charge in [0.1, 0.15) is 6.10 Å². The van der Waals surface area contributed by atoms with Gasteiger partial charge in [0, 0.05) is 12.2 Å². The second kappa shape index (κ2) is 7.63. The van der Waals surface area contributed by atoms with E-state index in [0.29, 0.717) is 26.1 Å². The lowest BCUT2D eigenvalue weighted by molar-refractivity contribution is -0.138. The Morgan fingerprint density at radius 3 is 2.77 bits per heavy atom. The molecule has 22 heavy (non-hydrogen) atoms. The molecule has 0 spiro atoms. The Morgan fingerprint density at radius 2 is 2.09 bits per heavy atom. The summed E-state index contributed by atoms with van der Waals surface area (Å²) in [6.07, 6.45) is 0.414. The highest BCUT2D eigenvalue weighted by Crippen LogP contribution is 2.24. The second-order valence-electron chi connectivity index (χ2n) is 5.17. The van der Waals surface area contributed by atoms with Crippen molar-refractivity contribution in [2.24, 2.45) is 0 Å². The smallest absolute Gasteiger partial charge is 0.227 e. The van der Waals surface area contributed by atoms with Gasteiger partial charge in [-0.1, -0.05) is 12.1 Å². The number of hydrogen-bond donors (Lipinski definition) is 1. The molecule has 1 unspecified atom stereocenters. The molecule has 4 nitrogen and oxygen atoms in total. The lowest BCUT2D eigenvalue weighted by Crippen LogP contribution is -2.42. The van der Waals surface area contributed by atoms with Gasteiger partial charge in [-0.15, -0.1) is 12.4 Å². The van der Waals surface area contributed by atoms with E-state index >= 15 is 0 Å². The van der Waals surface area contributed by atoms with Crippen LogP contribution in [0.15, 0.2) is 41.1 Å².